The Hall–Kier alpha value is -1.85. The van der Waals surface area contributed by atoms with Gasteiger partial charge in [0, 0.05) is 18.2 Å². The summed E-state index contributed by atoms with van der Waals surface area (Å²) in [5.74, 6) is -1.01. The van der Waals surface area contributed by atoms with E-state index in [1.807, 2.05) is 4.72 Å². The molecule has 132 valence electrons. The number of ether oxygens (including phenoxy) is 2. The van der Waals surface area contributed by atoms with Gasteiger partial charge in [-0.15, -0.1) is 0 Å². The molecule has 0 saturated heterocycles. The van der Waals surface area contributed by atoms with Crippen molar-refractivity contribution in [2.75, 3.05) is 24.2 Å². The van der Waals surface area contributed by atoms with Gasteiger partial charge in [0.15, 0.2) is 13.2 Å². The van der Waals surface area contributed by atoms with E-state index in [0.29, 0.717) is 0 Å². The third kappa shape index (κ3) is 9.01. The first-order valence-electron chi connectivity index (χ1n) is 5.75. The Balaban J connectivity index is 3.01. The normalized spacial score (nSPS) is 12.8. The minimum Gasteiger partial charge on any atom is -0.484 e. The third-order valence-electron chi connectivity index (χ3n) is 1.99. The smallest absolute Gasteiger partial charge is 0.422 e. The largest absolute Gasteiger partial charge is 0.484 e. The van der Waals surface area contributed by atoms with Crippen molar-refractivity contribution in [3.8, 4) is 11.5 Å². The molecule has 0 aliphatic rings. The van der Waals surface area contributed by atoms with Gasteiger partial charge in [-0.2, -0.15) is 26.3 Å². The van der Waals surface area contributed by atoms with Crippen LogP contribution in [0.15, 0.2) is 18.2 Å². The molecule has 0 unspecified atom stereocenters. The fourth-order valence-electron chi connectivity index (χ4n) is 1.34. The highest BCUT2D eigenvalue weighted by atomic mass is 32.2. The average Bonchev–Trinajstić information content (AvgIpc) is 2.30. The van der Waals surface area contributed by atoms with Gasteiger partial charge in [-0.3, -0.25) is 4.72 Å². The zero-order chi connectivity index (χ0) is 17.9. The molecular weight excluding hydrogens is 356 g/mol. The molecule has 0 heterocycles. The summed E-state index contributed by atoms with van der Waals surface area (Å²) in [4.78, 5) is 0. The van der Waals surface area contributed by atoms with Crippen LogP contribution < -0.4 is 14.2 Å². The standard InChI is InChI=1S/C11H11F6NO4S/c1-23(19,20)18-7-2-8(21-5-10(12,13)14)4-9(3-7)22-6-11(15,16)17/h2-4,18H,5-6H2,1H3. The second kappa shape index (κ2) is 6.72. The molecule has 23 heavy (non-hydrogen) atoms. The lowest BCUT2D eigenvalue weighted by atomic mass is 10.3. The molecule has 0 saturated carbocycles. The van der Waals surface area contributed by atoms with Crippen LogP contribution in [-0.4, -0.2) is 40.2 Å². The summed E-state index contributed by atoms with van der Waals surface area (Å²) in [5.41, 5.74) is -0.302. The van der Waals surface area contributed by atoms with E-state index in [2.05, 4.69) is 9.47 Å². The maximum atomic E-state index is 12.1. The maximum Gasteiger partial charge on any atom is 0.422 e. The van der Waals surface area contributed by atoms with E-state index >= 15 is 0 Å². The van der Waals surface area contributed by atoms with Crippen molar-refractivity contribution in [1.82, 2.24) is 0 Å². The minimum absolute atomic E-state index is 0.302. The summed E-state index contributed by atoms with van der Waals surface area (Å²) in [6.07, 6.45) is -8.59. The predicted octanol–water partition coefficient (Wildman–Crippen LogP) is 2.94. The first-order chi connectivity index (χ1) is 10.2. The van der Waals surface area contributed by atoms with Crippen molar-refractivity contribution in [2.24, 2.45) is 0 Å². The van der Waals surface area contributed by atoms with Gasteiger partial charge in [0.2, 0.25) is 10.0 Å². The highest BCUT2D eigenvalue weighted by Gasteiger charge is 2.30. The molecule has 1 aromatic rings. The molecule has 1 aromatic carbocycles. The van der Waals surface area contributed by atoms with Gasteiger partial charge < -0.3 is 9.47 Å². The summed E-state index contributed by atoms with van der Waals surface area (Å²) < 4.78 is 105. The molecule has 5 nitrogen and oxygen atoms in total. The van der Waals surface area contributed by atoms with Gasteiger partial charge in [0.25, 0.3) is 0 Å². The monoisotopic (exact) mass is 367 g/mol. The molecule has 0 bridgehead atoms. The molecule has 0 radical (unpaired) electrons. The van der Waals surface area contributed by atoms with E-state index < -0.39 is 47.1 Å². The maximum absolute atomic E-state index is 12.1. The first kappa shape index (κ1) is 19.2. The number of hydrogen-bond donors (Lipinski definition) is 1. The Morgan fingerprint density at radius 3 is 1.61 bits per heavy atom. The minimum atomic E-state index is -4.67. The fraction of sp³-hybridized carbons (Fsp3) is 0.455. The van der Waals surface area contributed by atoms with Gasteiger partial charge in [-0.05, 0) is 0 Å². The summed E-state index contributed by atoms with van der Waals surface area (Å²) in [6.45, 7) is -3.40. The highest BCUT2D eigenvalue weighted by Crippen LogP contribution is 2.29. The number of halogens is 6. The van der Waals surface area contributed by atoms with E-state index in [-0.39, 0.29) is 5.69 Å². The number of benzene rings is 1. The molecule has 12 heteroatoms. The van der Waals surface area contributed by atoms with Crippen LogP contribution in [0.3, 0.4) is 0 Å². The Morgan fingerprint density at radius 2 is 1.30 bits per heavy atom. The van der Waals surface area contributed by atoms with E-state index in [0.717, 1.165) is 24.5 Å². The van der Waals surface area contributed by atoms with Crippen LogP contribution in [0.25, 0.3) is 0 Å². The van der Waals surface area contributed by atoms with Crippen molar-refractivity contribution in [1.29, 1.82) is 0 Å². The molecule has 0 fully saturated rings. The van der Waals surface area contributed by atoms with Crippen LogP contribution in [0.2, 0.25) is 0 Å². The number of nitrogens with one attached hydrogen (secondary N) is 1. The average molecular weight is 367 g/mol. The molecule has 0 atom stereocenters. The zero-order valence-electron chi connectivity index (χ0n) is 11.5. The second-order valence-corrected chi connectivity index (χ2v) is 6.12. The number of anilines is 1. The van der Waals surface area contributed by atoms with Crippen LogP contribution in [0, 0.1) is 0 Å². The molecule has 1 rings (SSSR count). The molecule has 0 aliphatic heterocycles. The quantitative estimate of drug-likeness (QED) is 0.786. The summed E-state index contributed by atoms with van der Waals surface area (Å²) in [5, 5.41) is 0. The summed E-state index contributed by atoms with van der Waals surface area (Å²) in [7, 11) is -3.80. The van der Waals surface area contributed by atoms with E-state index in [9.17, 15) is 34.8 Å². The Morgan fingerprint density at radius 1 is 0.913 bits per heavy atom. The summed E-state index contributed by atoms with van der Waals surface area (Å²) in [6, 6.07) is 2.55. The van der Waals surface area contributed by atoms with E-state index in [4.69, 9.17) is 0 Å². The molecular formula is C11H11F6NO4S. The highest BCUT2D eigenvalue weighted by molar-refractivity contribution is 7.92. The van der Waals surface area contributed by atoms with Crippen molar-refractivity contribution >= 4 is 15.7 Å². The third-order valence-corrected chi connectivity index (χ3v) is 2.59. The van der Waals surface area contributed by atoms with E-state index in [1.165, 1.54) is 0 Å². The lowest BCUT2D eigenvalue weighted by molar-refractivity contribution is -0.153. The second-order valence-electron chi connectivity index (χ2n) is 4.38. The van der Waals surface area contributed by atoms with Gasteiger partial charge in [-0.25, -0.2) is 8.42 Å². The van der Waals surface area contributed by atoms with Crippen LogP contribution >= 0.6 is 0 Å². The predicted molar refractivity (Wildman–Crippen MR) is 68.0 cm³/mol. The lowest BCUT2D eigenvalue weighted by Crippen LogP contribution is -2.20. The molecule has 0 aliphatic carbocycles. The molecule has 1 N–H and O–H groups in total. The van der Waals surface area contributed by atoms with Crippen molar-refractivity contribution in [3.05, 3.63) is 18.2 Å². The number of alkyl halides is 6. The van der Waals surface area contributed by atoms with Crippen LogP contribution in [0.4, 0.5) is 32.0 Å². The number of sulfonamides is 1. The Labute approximate surface area is 127 Å². The number of rotatable bonds is 6. The van der Waals surface area contributed by atoms with Gasteiger partial charge >= 0.3 is 12.4 Å². The first-order valence-corrected chi connectivity index (χ1v) is 7.65. The Kier molecular flexibility index (Phi) is 5.61. The number of hydrogen-bond acceptors (Lipinski definition) is 4. The lowest BCUT2D eigenvalue weighted by Gasteiger charge is -2.14. The Bertz CT molecular complexity index is 605. The van der Waals surface area contributed by atoms with Crippen LogP contribution in [-0.2, 0) is 10.0 Å². The molecule has 0 amide bonds. The van der Waals surface area contributed by atoms with Crippen molar-refractivity contribution < 1.29 is 44.2 Å². The topological polar surface area (TPSA) is 64.6 Å². The van der Waals surface area contributed by atoms with Gasteiger partial charge in [0.05, 0.1) is 11.9 Å². The van der Waals surface area contributed by atoms with Gasteiger partial charge in [0.1, 0.15) is 11.5 Å². The molecule has 0 aromatic heterocycles. The SMILES string of the molecule is CS(=O)(=O)Nc1cc(OCC(F)(F)F)cc(OCC(F)(F)F)c1. The van der Waals surface area contributed by atoms with E-state index in [1.54, 1.807) is 0 Å². The fourth-order valence-corrected chi connectivity index (χ4v) is 1.89. The van der Waals surface area contributed by atoms with Gasteiger partial charge in [-0.1, -0.05) is 0 Å². The zero-order valence-corrected chi connectivity index (χ0v) is 12.3. The van der Waals surface area contributed by atoms with Crippen molar-refractivity contribution in [3.63, 3.8) is 0 Å². The van der Waals surface area contributed by atoms with Crippen LogP contribution in [0.1, 0.15) is 0 Å². The summed E-state index contributed by atoms with van der Waals surface area (Å²) >= 11 is 0. The van der Waals surface area contributed by atoms with Crippen LogP contribution in [0.5, 0.6) is 11.5 Å². The van der Waals surface area contributed by atoms with Crippen molar-refractivity contribution in [2.45, 2.75) is 12.4 Å². The molecule has 0 spiro atoms.